The Morgan fingerprint density at radius 1 is 1.85 bits per heavy atom. The zero-order valence-corrected chi connectivity index (χ0v) is 8.95. The van der Waals surface area contributed by atoms with Gasteiger partial charge in [0.2, 0.25) is 5.91 Å². The van der Waals surface area contributed by atoms with E-state index < -0.39 is 0 Å². The van der Waals surface area contributed by atoms with Gasteiger partial charge in [-0.3, -0.25) is 4.79 Å². The summed E-state index contributed by atoms with van der Waals surface area (Å²) in [6.45, 7) is 0.292. The standard InChI is InChI=1S/C7H10ClN3OS/c1-9-6(12)3-11(2)7-10-5(8)4-13-7/h4H,3H2,1-2H3,(H,9,12). The lowest BCUT2D eigenvalue weighted by molar-refractivity contribution is -0.119. The van der Waals surface area contributed by atoms with Gasteiger partial charge in [0, 0.05) is 19.5 Å². The van der Waals surface area contributed by atoms with Gasteiger partial charge in [-0.1, -0.05) is 11.6 Å². The van der Waals surface area contributed by atoms with E-state index >= 15 is 0 Å². The fraction of sp³-hybridized carbons (Fsp3) is 0.429. The molecular weight excluding hydrogens is 210 g/mol. The van der Waals surface area contributed by atoms with E-state index in [4.69, 9.17) is 11.6 Å². The van der Waals surface area contributed by atoms with Crippen molar-refractivity contribution in [3.63, 3.8) is 0 Å². The molecular formula is C7H10ClN3OS. The average molecular weight is 220 g/mol. The first-order chi connectivity index (χ1) is 6.13. The first-order valence-corrected chi connectivity index (χ1v) is 4.92. The SMILES string of the molecule is CNC(=O)CN(C)c1nc(Cl)cs1. The van der Waals surface area contributed by atoms with Crippen LogP contribution in [0.4, 0.5) is 5.13 Å². The summed E-state index contributed by atoms with van der Waals surface area (Å²) >= 11 is 7.06. The molecule has 0 saturated heterocycles. The molecule has 13 heavy (non-hydrogen) atoms. The van der Waals surface area contributed by atoms with E-state index in [-0.39, 0.29) is 5.91 Å². The van der Waals surface area contributed by atoms with Crippen LogP contribution in [-0.4, -0.2) is 31.5 Å². The van der Waals surface area contributed by atoms with Crippen molar-refractivity contribution in [2.24, 2.45) is 0 Å². The molecule has 6 heteroatoms. The molecule has 1 aromatic rings. The predicted octanol–water partition coefficient (Wildman–Crippen LogP) is 0.979. The van der Waals surface area contributed by atoms with Gasteiger partial charge < -0.3 is 10.2 Å². The molecule has 72 valence electrons. The van der Waals surface area contributed by atoms with Gasteiger partial charge in [-0.25, -0.2) is 4.98 Å². The number of nitrogens with zero attached hydrogens (tertiary/aromatic N) is 2. The van der Waals surface area contributed by atoms with E-state index in [1.54, 1.807) is 24.4 Å². The van der Waals surface area contributed by atoms with Crippen LogP contribution in [0.25, 0.3) is 0 Å². The smallest absolute Gasteiger partial charge is 0.239 e. The number of likely N-dealkylation sites (N-methyl/N-ethyl adjacent to an activating group) is 2. The number of halogens is 1. The molecule has 0 saturated carbocycles. The zero-order chi connectivity index (χ0) is 9.84. The summed E-state index contributed by atoms with van der Waals surface area (Å²) in [6, 6.07) is 0. The monoisotopic (exact) mass is 219 g/mol. The Morgan fingerprint density at radius 2 is 2.54 bits per heavy atom. The maximum absolute atomic E-state index is 11.0. The highest BCUT2D eigenvalue weighted by Gasteiger charge is 2.08. The van der Waals surface area contributed by atoms with Crippen LogP contribution in [0.1, 0.15) is 0 Å². The van der Waals surface area contributed by atoms with E-state index in [2.05, 4.69) is 10.3 Å². The minimum absolute atomic E-state index is 0.0474. The van der Waals surface area contributed by atoms with E-state index in [0.717, 1.165) is 5.13 Å². The van der Waals surface area contributed by atoms with Gasteiger partial charge in [0.05, 0.1) is 6.54 Å². The van der Waals surface area contributed by atoms with Gasteiger partial charge in [0.1, 0.15) is 5.15 Å². The molecule has 0 aliphatic rings. The Balaban J connectivity index is 2.58. The largest absolute Gasteiger partial charge is 0.358 e. The Hall–Kier alpha value is -0.810. The number of carbonyl (C=O) groups is 1. The highest BCUT2D eigenvalue weighted by atomic mass is 35.5. The van der Waals surface area contributed by atoms with Gasteiger partial charge in [-0.2, -0.15) is 0 Å². The van der Waals surface area contributed by atoms with Crippen LogP contribution < -0.4 is 10.2 Å². The Kier molecular flexibility index (Phi) is 3.50. The van der Waals surface area contributed by atoms with E-state index in [1.807, 2.05) is 0 Å². The fourth-order valence-electron chi connectivity index (χ4n) is 0.783. The predicted molar refractivity (Wildman–Crippen MR) is 54.5 cm³/mol. The van der Waals surface area contributed by atoms with Crippen molar-refractivity contribution in [2.45, 2.75) is 0 Å². The fourth-order valence-corrected chi connectivity index (χ4v) is 1.70. The molecule has 1 rings (SSSR count). The van der Waals surface area contributed by atoms with Crippen molar-refractivity contribution in [3.8, 4) is 0 Å². The maximum atomic E-state index is 11.0. The number of thiazole rings is 1. The van der Waals surface area contributed by atoms with Gasteiger partial charge in [0.25, 0.3) is 0 Å². The number of anilines is 1. The van der Waals surface area contributed by atoms with Gasteiger partial charge >= 0.3 is 0 Å². The second-order valence-corrected chi connectivity index (χ2v) is 3.71. The number of hydrogen-bond donors (Lipinski definition) is 1. The molecule has 0 fully saturated rings. The van der Waals surface area contributed by atoms with Crippen LogP contribution >= 0.6 is 22.9 Å². The number of hydrogen-bond acceptors (Lipinski definition) is 4. The van der Waals surface area contributed by atoms with Crippen LogP contribution in [0.5, 0.6) is 0 Å². The summed E-state index contributed by atoms with van der Waals surface area (Å²) < 4.78 is 0. The highest BCUT2D eigenvalue weighted by molar-refractivity contribution is 7.14. The highest BCUT2D eigenvalue weighted by Crippen LogP contribution is 2.21. The average Bonchev–Trinajstić information content (AvgIpc) is 2.51. The lowest BCUT2D eigenvalue weighted by Gasteiger charge is -2.13. The van der Waals surface area contributed by atoms with Crippen LogP contribution in [0.15, 0.2) is 5.38 Å². The molecule has 4 nitrogen and oxygen atoms in total. The summed E-state index contributed by atoms with van der Waals surface area (Å²) in [4.78, 5) is 16.8. The normalized spacial score (nSPS) is 9.77. The minimum Gasteiger partial charge on any atom is -0.358 e. The van der Waals surface area contributed by atoms with Crippen LogP contribution in [0, 0.1) is 0 Å². The molecule has 0 aromatic carbocycles. The number of nitrogens with one attached hydrogen (secondary N) is 1. The summed E-state index contributed by atoms with van der Waals surface area (Å²) in [5.74, 6) is -0.0474. The zero-order valence-electron chi connectivity index (χ0n) is 7.37. The van der Waals surface area contributed by atoms with E-state index in [9.17, 15) is 4.79 Å². The topological polar surface area (TPSA) is 45.2 Å². The third kappa shape index (κ3) is 2.86. The Labute approximate surface area is 85.5 Å². The quantitative estimate of drug-likeness (QED) is 0.825. The molecule has 0 bridgehead atoms. The molecule has 0 spiro atoms. The number of amides is 1. The molecule has 1 aromatic heterocycles. The second kappa shape index (κ2) is 4.43. The number of carbonyl (C=O) groups excluding carboxylic acids is 1. The van der Waals surface area contributed by atoms with Crippen molar-refractivity contribution in [1.82, 2.24) is 10.3 Å². The van der Waals surface area contributed by atoms with Crippen molar-refractivity contribution in [2.75, 3.05) is 25.5 Å². The third-order valence-corrected chi connectivity index (χ3v) is 2.73. The number of aromatic nitrogens is 1. The molecule has 0 aliphatic carbocycles. The molecule has 0 aliphatic heterocycles. The van der Waals surface area contributed by atoms with E-state index in [1.165, 1.54) is 11.3 Å². The molecule has 0 radical (unpaired) electrons. The maximum Gasteiger partial charge on any atom is 0.239 e. The summed E-state index contributed by atoms with van der Waals surface area (Å²) in [5, 5.41) is 5.47. The molecule has 1 amide bonds. The minimum atomic E-state index is -0.0474. The van der Waals surface area contributed by atoms with Gasteiger partial charge in [0.15, 0.2) is 5.13 Å². The lowest BCUT2D eigenvalue weighted by atomic mass is 10.5. The van der Waals surface area contributed by atoms with E-state index in [0.29, 0.717) is 11.7 Å². The van der Waals surface area contributed by atoms with Crippen molar-refractivity contribution < 1.29 is 4.79 Å². The number of rotatable bonds is 3. The van der Waals surface area contributed by atoms with Crippen LogP contribution in [0.3, 0.4) is 0 Å². The molecule has 0 unspecified atom stereocenters. The Morgan fingerprint density at radius 3 is 3.00 bits per heavy atom. The summed E-state index contributed by atoms with van der Waals surface area (Å²) in [7, 11) is 3.40. The first kappa shape index (κ1) is 10.3. The van der Waals surface area contributed by atoms with Crippen LogP contribution in [0.2, 0.25) is 5.15 Å². The summed E-state index contributed by atoms with van der Waals surface area (Å²) in [6.07, 6.45) is 0. The summed E-state index contributed by atoms with van der Waals surface area (Å²) in [5.41, 5.74) is 0. The molecule has 1 heterocycles. The Bertz CT molecular complexity index is 302. The van der Waals surface area contributed by atoms with Gasteiger partial charge in [-0.15, -0.1) is 11.3 Å². The van der Waals surface area contributed by atoms with Crippen molar-refractivity contribution in [1.29, 1.82) is 0 Å². The molecule has 1 N–H and O–H groups in total. The second-order valence-electron chi connectivity index (χ2n) is 2.48. The van der Waals surface area contributed by atoms with Crippen molar-refractivity contribution in [3.05, 3.63) is 10.5 Å². The molecule has 0 atom stereocenters. The van der Waals surface area contributed by atoms with Crippen molar-refractivity contribution >= 4 is 34.0 Å². The third-order valence-electron chi connectivity index (χ3n) is 1.45. The van der Waals surface area contributed by atoms with Crippen LogP contribution in [-0.2, 0) is 4.79 Å². The van der Waals surface area contributed by atoms with Gasteiger partial charge in [-0.05, 0) is 0 Å². The first-order valence-electron chi connectivity index (χ1n) is 3.66. The lowest BCUT2D eigenvalue weighted by Crippen LogP contribution is -2.32.